The second-order valence-corrected chi connectivity index (χ2v) is 4.19. The van der Waals surface area contributed by atoms with Crippen LogP contribution in [-0.4, -0.2) is 7.11 Å². The topological polar surface area (TPSA) is 44.5 Å². The van der Waals surface area contributed by atoms with Crippen molar-refractivity contribution >= 4 is 11.6 Å². The predicted octanol–water partition coefficient (Wildman–Crippen LogP) is 2.62. The van der Waals surface area contributed by atoms with Crippen LogP contribution in [0.15, 0.2) is 12.1 Å². The summed E-state index contributed by atoms with van der Waals surface area (Å²) in [6.45, 7) is 0.348. The zero-order valence-corrected chi connectivity index (χ0v) is 9.38. The van der Waals surface area contributed by atoms with E-state index in [1.165, 1.54) is 12.8 Å². The first-order valence-electron chi connectivity index (χ1n) is 4.94. The van der Waals surface area contributed by atoms with E-state index in [4.69, 9.17) is 22.2 Å². The first-order valence-corrected chi connectivity index (χ1v) is 5.32. The number of ether oxygens (including phenoxy) is 1. The van der Waals surface area contributed by atoms with E-state index in [2.05, 4.69) is 4.84 Å². The summed E-state index contributed by atoms with van der Waals surface area (Å²) < 4.78 is 5.33. The summed E-state index contributed by atoms with van der Waals surface area (Å²) in [6.07, 6.45) is 2.39. The molecule has 0 atom stereocenters. The molecule has 0 bridgehead atoms. The second kappa shape index (κ2) is 4.39. The van der Waals surface area contributed by atoms with Gasteiger partial charge in [-0.25, -0.2) is 5.90 Å². The number of benzene rings is 1. The first-order chi connectivity index (χ1) is 7.26. The van der Waals surface area contributed by atoms with Gasteiger partial charge in [0.2, 0.25) is 0 Å². The van der Waals surface area contributed by atoms with Crippen LogP contribution in [0.4, 0.5) is 0 Å². The molecule has 0 heterocycles. The lowest BCUT2D eigenvalue weighted by molar-refractivity contribution is 0.124. The Kier molecular flexibility index (Phi) is 3.14. The highest BCUT2D eigenvalue weighted by Gasteiger charge is 2.29. The smallest absolute Gasteiger partial charge is 0.124 e. The van der Waals surface area contributed by atoms with Gasteiger partial charge in [-0.1, -0.05) is 11.6 Å². The maximum absolute atomic E-state index is 6.21. The van der Waals surface area contributed by atoms with Gasteiger partial charge in [-0.15, -0.1) is 0 Å². The van der Waals surface area contributed by atoms with Gasteiger partial charge in [-0.05, 0) is 36.5 Å². The minimum absolute atomic E-state index is 0.348. The van der Waals surface area contributed by atoms with E-state index in [9.17, 15) is 0 Å². The zero-order valence-electron chi connectivity index (χ0n) is 8.63. The number of nitrogens with two attached hydrogens (primary N) is 1. The van der Waals surface area contributed by atoms with Crippen molar-refractivity contribution in [2.24, 2.45) is 5.90 Å². The summed E-state index contributed by atoms with van der Waals surface area (Å²) in [7, 11) is 1.66. The Morgan fingerprint density at radius 1 is 1.47 bits per heavy atom. The van der Waals surface area contributed by atoms with Crippen molar-refractivity contribution in [3.63, 3.8) is 0 Å². The van der Waals surface area contributed by atoms with E-state index < -0.39 is 0 Å². The Bertz CT molecular complexity index is 364. The third kappa shape index (κ3) is 2.25. The molecule has 0 spiro atoms. The Labute approximate surface area is 94.1 Å². The van der Waals surface area contributed by atoms with Gasteiger partial charge in [0.15, 0.2) is 0 Å². The van der Waals surface area contributed by atoms with Gasteiger partial charge in [0.1, 0.15) is 5.75 Å². The maximum Gasteiger partial charge on any atom is 0.124 e. The summed E-state index contributed by atoms with van der Waals surface area (Å²) in [6, 6.07) is 3.83. The van der Waals surface area contributed by atoms with E-state index in [0.717, 1.165) is 21.9 Å². The van der Waals surface area contributed by atoms with Gasteiger partial charge in [0.05, 0.1) is 13.7 Å². The second-order valence-electron chi connectivity index (χ2n) is 3.78. The fraction of sp³-hybridized carbons (Fsp3) is 0.455. The lowest BCUT2D eigenvalue weighted by Crippen LogP contribution is -2.00. The molecule has 1 fully saturated rings. The number of halogens is 1. The van der Waals surface area contributed by atoms with Crippen LogP contribution >= 0.6 is 11.6 Å². The highest BCUT2D eigenvalue weighted by Crippen LogP contribution is 2.47. The molecule has 15 heavy (non-hydrogen) atoms. The predicted molar refractivity (Wildman–Crippen MR) is 59.0 cm³/mol. The highest BCUT2D eigenvalue weighted by molar-refractivity contribution is 6.31. The third-order valence-electron chi connectivity index (χ3n) is 2.61. The van der Waals surface area contributed by atoms with Crippen molar-refractivity contribution < 1.29 is 9.57 Å². The highest BCUT2D eigenvalue weighted by atomic mass is 35.5. The Morgan fingerprint density at radius 3 is 2.73 bits per heavy atom. The van der Waals surface area contributed by atoms with Crippen LogP contribution in [0.25, 0.3) is 0 Å². The molecule has 3 nitrogen and oxygen atoms in total. The molecule has 0 unspecified atom stereocenters. The molecular formula is C11H14ClNO2. The van der Waals surface area contributed by atoms with Gasteiger partial charge >= 0.3 is 0 Å². The number of hydrogen-bond donors (Lipinski definition) is 1. The minimum atomic E-state index is 0.348. The van der Waals surface area contributed by atoms with Crippen LogP contribution in [0, 0.1) is 0 Å². The monoisotopic (exact) mass is 227 g/mol. The largest absolute Gasteiger partial charge is 0.496 e. The Balaban J connectivity index is 2.37. The Morgan fingerprint density at radius 2 is 2.20 bits per heavy atom. The van der Waals surface area contributed by atoms with Gasteiger partial charge in [0, 0.05) is 10.6 Å². The first kappa shape index (κ1) is 10.7. The van der Waals surface area contributed by atoms with Crippen molar-refractivity contribution in [3.8, 4) is 5.75 Å². The summed E-state index contributed by atoms with van der Waals surface area (Å²) in [5, 5.41) is 0.754. The molecule has 1 aromatic carbocycles. The summed E-state index contributed by atoms with van der Waals surface area (Å²) in [5.41, 5.74) is 2.06. The fourth-order valence-corrected chi connectivity index (χ4v) is 2.15. The molecule has 0 aliphatic heterocycles. The van der Waals surface area contributed by atoms with Crippen molar-refractivity contribution in [2.75, 3.05) is 7.11 Å². The molecule has 0 aromatic heterocycles. The van der Waals surface area contributed by atoms with Crippen molar-refractivity contribution in [2.45, 2.75) is 25.4 Å². The average Bonchev–Trinajstić information content (AvgIpc) is 3.01. The fourth-order valence-electron chi connectivity index (χ4n) is 1.76. The van der Waals surface area contributed by atoms with E-state index in [1.807, 2.05) is 12.1 Å². The molecule has 0 saturated heterocycles. The average molecular weight is 228 g/mol. The number of methoxy groups -OCH3 is 1. The van der Waals surface area contributed by atoms with Crippen molar-refractivity contribution in [1.29, 1.82) is 0 Å². The summed E-state index contributed by atoms with van der Waals surface area (Å²) in [4.78, 5) is 4.58. The van der Waals surface area contributed by atoms with Crippen LogP contribution < -0.4 is 10.6 Å². The standard InChI is InChI=1S/C11H14ClNO2/c1-14-10-5-7(6-15-13)4-9(12)11(10)8-2-3-8/h4-5,8H,2-3,6,13H2,1H3. The molecule has 82 valence electrons. The number of hydrogen-bond acceptors (Lipinski definition) is 3. The van der Waals surface area contributed by atoms with Gasteiger partial charge in [0.25, 0.3) is 0 Å². The van der Waals surface area contributed by atoms with Crippen LogP contribution in [-0.2, 0) is 11.4 Å². The van der Waals surface area contributed by atoms with E-state index in [1.54, 1.807) is 7.11 Å². The van der Waals surface area contributed by atoms with E-state index in [-0.39, 0.29) is 0 Å². The van der Waals surface area contributed by atoms with Gasteiger partial charge < -0.3 is 4.74 Å². The maximum atomic E-state index is 6.21. The third-order valence-corrected chi connectivity index (χ3v) is 2.92. The molecule has 1 saturated carbocycles. The van der Waals surface area contributed by atoms with Crippen LogP contribution in [0.1, 0.15) is 29.9 Å². The molecular weight excluding hydrogens is 214 g/mol. The van der Waals surface area contributed by atoms with Crippen LogP contribution in [0.2, 0.25) is 5.02 Å². The molecule has 1 aliphatic carbocycles. The molecule has 1 aliphatic rings. The summed E-state index contributed by atoms with van der Waals surface area (Å²) >= 11 is 6.21. The Hall–Kier alpha value is -0.770. The van der Waals surface area contributed by atoms with E-state index >= 15 is 0 Å². The van der Waals surface area contributed by atoms with Crippen molar-refractivity contribution in [3.05, 3.63) is 28.3 Å². The lowest BCUT2D eigenvalue weighted by Gasteiger charge is -2.11. The molecule has 0 radical (unpaired) electrons. The molecule has 4 heteroatoms. The quantitative estimate of drug-likeness (QED) is 0.805. The zero-order chi connectivity index (χ0) is 10.8. The molecule has 2 N–H and O–H groups in total. The molecule has 2 rings (SSSR count). The normalized spacial score (nSPS) is 15.4. The van der Waals surface area contributed by atoms with Crippen LogP contribution in [0.5, 0.6) is 5.75 Å². The van der Waals surface area contributed by atoms with Crippen molar-refractivity contribution in [1.82, 2.24) is 0 Å². The van der Waals surface area contributed by atoms with Gasteiger partial charge in [-0.3, -0.25) is 4.84 Å². The van der Waals surface area contributed by atoms with Gasteiger partial charge in [-0.2, -0.15) is 0 Å². The van der Waals surface area contributed by atoms with Crippen LogP contribution in [0.3, 0.4) is 0 Å². The summed E-state index contributed by atoms with van der Waals surface area (Å²) in [5.74, 6) is 6.44. The number of rotatable bonds is 4. The SMILES string of the molecule is COc1cc(CON)cc(Cl)c1C1CC1. The molecule has 0 amide bonds. The molecule has 1 aromatic rings. The van der Waals surface area contributed by atoms with E-state index in [0.29, 0.717) is 12.5 Å². The lowest BCUT2D eigenvalue weighted by atomic mass is 10.1. The minimum Gasteiger partial charge on any atom is -0.496 e.